The fraction of sp³-hybridized carbons (Fsp3) is 0.500. The van der Waals surface area contributed by atoms with Gasteiger partial charge >= 0.3 is 0 Å². The number of anilines is 1. The van der Waals surface area contributed by atoms with Crippen LogP contribution in [-0.2, 0) is 16.8 Å². The first-order valence-electron chi connectivity index (χ1n) is 13.6. The van der Waals surface area contributed by atoms with Gasteiger partial charge in [0.05, 0.1) is 54.3 Å². The van der Waals surface area contributed by atoms with Gasteiger partial charge in [-0.15, -0.1) is 0 Å². The van der Waals surface area contributed by atoms with Gasteiger partial charge in [0.25, 0.3) is 0 Å². The largest absolute Gasteiger partial charge is 0.494 e. The van der Waals surface area contributed by atoms with Crippen LogP contribution in [0.1, 0.15) is 74.5 Å². The van der Waals surface area contributed by atoms with Gasteiger partial charge in [0.1, 0.15) is 17.4 Å². The van der Waals surface area contributed by atoms with Crippen LogP contribution in [0.3, 0.4) is 0 Å². The molecular weight excluding hydrogens is 581 g/mol. The summed E-state index contributed by atoms with van der Waals surface area (Å²) in [5.41, 5.74) is 2.88. The lowest BCUT2D eigenvalue weighted by atomic mass is 9.84. The van der Waals surface area contributed by atoms with Gasteiger partial charge in [-0.05, 0) is 43.0 Å². The van der Waals surface area contributed by atoms with Gasteiger partial charge in [0, 0.05) is 43.6 Å². The fourth-order valence-electron chi connectivity index (χ4n) is 5.27. The number of hydrogen-bond donors (Lipinski definition) is 0. The summed E-state index contributed by atoms with van der Waals surface area (Å²) >= 11 is 3.15. The van der Waals surface area contributed by atoms with Crippen molar-refractivity contribution < 1.29 is 28.2 Å². The van der Waals surface area contributed by atoms with E-state index in [0.29, 0.717) is 66.6 Å². The number of carbonyl (C=O) groups excluding carboxylic acids is 2. The summed E-state index contributed by atoms with van der Waals surface area (Å²) < 4.78 is 37.0. The number of ether oxygens (including phenoxy) is 3. The third kappa shape index (κ3) is 5.82. The highest BCUT2D eigenvalue weighted by atomic mass is 79.9. The van der Waals surface area contributed by atoms with Crippen LogP contribution < -0.4 is 19.1 Å². The van der Waals surface area contributed by atoms with Gasteiger partial charge in [0.15, 0.2) is 23.1 Å². The molecule has 0 unspecified atom stereocenters. The Balaban J connectivity index is 1.70. The van der Waals surface area contributed by atoms with Crippen molar-refractivity contribution in [2.75, 3.05) is 44.9 Å². The first kappa shape index (κ1) is 29.8. The molecule has 2 aromatic carbocycles. The molecule has 2 heterocycles. The quantitative estimate of drug-likeness (QED) is 0.326. The van der Waals surface area contributed by atoms with E-state index in [1.54, 1.807) is 25.0 Å². The molecule has 0 spiro atoms. The number of amidine groups is 1. The summed E-state index contributed by atoms with van der Waals surface area (Å²) in [6.45, 7) is 11.9. The van der Waals surface area contributed by atoms with Gasteiger partial charge < -0.3 is 24.0 Å². The van der Waals surface area contributed by atoms with Crippen molar-refractivity contribution in [3.63, 3.8) is 0 Å². The van der Waals surface area contributed by atoms with Crippen LogP contribution in [0.2, 0.25) is 0 Å². The molecule has 0 atom stereocenters. The van der Waals surface area contributed by atoms with E-state index < -0.39 is 5.82 Å². The molecule has 40 heavy (non-hydrogen) atoms. The second-order valence-electron chi connectivity index (χ2n) is 11.0. The fourth-order valence-corrected chi connectivity index (χ4v) is 5.68. The topological polar surface area (TPSA) is 80.7 Å². The van der Waals surface area contributed by atoms with E-state index in [0.717, 1.165) is 11.3 Å². The van der Waals surface area contributed by atoms with E-state index in [2.05, 4.69) is 45.8 Å². The average Bonchev–Trinajstić information content (AvgIpc) is 3.27. The van der Waals surface area contributed by atoms with Crippen LogP contribution in [-0.4, -0.2) is 62.3 Å². The van der Waals surface area contributed by atoms with Gasteiger partial charge in [-0.1, -0.05) is 20.8 Å². The Bertz CT molecular complexity index is 1330. The SMILES string of the molecule is CCOc1cc2c(c(F)c1OCC)/C(=N/Br)N(CC(=O)c1cc(N3CCC(=O)CC3)c(OC)c(C(C)(C)C)c1)C2. The van der Waals surface area contributed by atoms with E-state index in [4.69, 9.17) is 14.2 Å². The second-order valence-corrected chi connectivity index (χ2v) is 11.3. The zero-order chi connectivity index (χ0) is 29.2. The maximum Gasteiger partial charge on any atom is 0.197 e. The summed E-state index contributed by atoms with van der Waals surface area (Å²) in [5.74, 6) is 0.947. The normalized spacial score (nSPS) is 16.4. The number of carbonyl (C=O) groups is 2. The minimum Gasteiger partial charge on any atom is -0.494 e. The Hall–Kier alpha value is -3.14. The highest BCUT2D eigenvalue weighted by Crippen LogP contribution is 2.42. The molecule has 2 aliphatic rings. The minimum atomic E-state index is -0.558. The number of halogens is 2. The number of ketones is 2. The highest BCUT2D eigenvalue weighted by molar-refractivity contribution is 9.08. The van der Waals surface area contributed by atoms with Crippen molar-refractivity contribution in [1.29, 1.82) is 0 Å². The van der Waals surface area contributed by atoms with Crippen LogP contribution >= 0.6 is 16.1 Å². The number of fused-ring (bicyclic) bond motifs is 1. The molecule has 2 aromatic rings. The molecule has 0 radical (unpaired) electrons. The van der Waals surface area contributed by atoms with Crippen LogP contribution in [0.15, 0.2) is 22.2 Å². The number of nitrogens with zero attached hydrogens (tertiary/aromatic N) is 3. The smallest absolute Gasteiger partial charge is 0.197 e. The number of piperidine rings is 1. The monoisotopic (exact) mass is 617 g/mol. The third-order valence-corrected chi connectivity index (χ3v) is 7.56. The van der Waals surface area contributed by atoms with E-state index in [-0.39, 0.29) is 42.4 Å². The molecule has 10 heteroatoms. The zero-order valence-corrected chi connectivity index (χ0v) is 25.6. The predicted octanol–water partition coefficient (Wildman–Crippen LogP) is 5.85. The molecule has 4 rings (SSSR count). The van der Waals surface area contributed by atoms with Crippen molar-refractivity contribution >= 4 is 39.2 Å². The molecule has 216 valence electrons. The van der Waals surface area contributed by atoms with E-state index >= 15 is 4.39 Å². The van der Waals surface area contributed by atoms with Crippen molar-refractivity contribution in [3.05, 3.63) is 46.3 Å². The maximum absolute atomic E-state index is 15.7. The van der Waals surface area contributed by atoms with Crippen LogP contribution in [0.25, 0.3) is 0 Å². The summed E-state index contributed by atoms with van der Waals surface area (Å²) in [7, 11) is 1.63. The molecular formula is C30H37BrFN3O5. The van der Waals surface area contributed by atoms with Crippen LogP contribution in [0.4, 0.5) is 10.1 Å². The Morgan fingerprint density at radius 2 is 1.75 bits per heavy atom. The zero-order valence-electron chi connectivity index (χ0n) is 24.0. The van der Waals surface area contributed by atoms with Crippen molar-refractivity contribution in [1.82, 2.24) is 4.90 Å². The van der Waals surface area contributed by atoms with E-state index in [1.165, 1.54) is 0 Å². The predicted molar refractivity (Wildman–Crippen MR) is 157 cm³/mol. The van der Waals surface area contributed by atoms with E-state index in [9.17, 15) is 9.59 Å². The molecule has 2 aliphatic heterocycles. The first-order valence-corrected chi connectivity index (χ1v) is 14.3. The molecule has 8 nitrogen and oxygen atoms in total. The molecule has 0 aromatic heterocycles. The first-order chi connectivity index (χ1) is 19.0. The Morgan fingerprint density at radius 3 is 2.33 bits per heavy atom. The number of Topliss-reactive ketones (excluding diaryl/α,β-unsaturated/α-hetero) is 2. The molecule has 1 fully saturated rings. The Kier molecular flexibility index (Phi) is 9.07. The second kappa shape index (κ2) is 12.2. The van der Waals surface area contributed by atoms with Gasteiger partial charge in [0.2, 0.25) is 0 Å². The summed E-state index contributed by atoms with van der Waals surface area (Å²) in [6.07, 6.45) is 0.921. The van der Waals surface area contributed by atoms with Gasteiger partial charge in [-0.3, -0.25) is 9.59 Å². The van der Waals surface area contributed by atoms with Crippen LogP contribution in [0.5, 0.6) is 17.2 Å². The molecule has 0 saturated carbocycles. The standard InChI is InChI=1S/C30H37BrFN3O5/c1-7-39-24-15-19-16-35(29(33-31)25(19)26(32)28(24)40-8-2)17-23(37)18-13-21(30(3,4)5)27(38-6)22(14-18)34-11-9-20(36)10-12-34/h13-15H,7-12,16-17H2,1-6H3/b33-29-. The molecule has 1 saturated heterocycles. The number of rotatable bonds is 9. The molecule has 0 amide bonds. The van der Waals surface area contributed by atoms with Crippen molar-refractivity contribution in [3.8, 4) is 17.2 Å². The molecule has 0 aliphatic carbocycles. The van der Waals surface area contributed by atoms with Crippen LogP contribution in [0, 0.1) is 5.82 Å². The lowest BCUT2D eigenvalue weighted by Crippen LogP contribution is -2.35. The van der Waals surface area contributed by atoms with Crippen molar-refractivity contribution in [2.45, 2.75) is 59.4 Å². The van der Waals surface area contributed by atoms with E-state index in [1.807, 2.05) is 19.1 Å². The maximum atomic E-state index is 15.7. The minimum absolute atomic E-state index is 0.0136. The highest BCUT2D eigenvalue weighted by Gasteiger charge is 2.35. The van der Waals surface area contributed by atoms with Gasteiger partial charge in [-0.2, -0.15) is 4.02 Å². The summed E-state index contributed by atoms with van der Waals surface area (Å²) in [4.78, 5) is 29.6. The molecule has 0 bridgehead atoms. The Morgan fingerprint density at radius 1 is 1.07 bits per heavy atom. The third-order valence-electron chi connectivity index (χ3n) is 7.22. The number of benzene rings is 2. The van der Waals surface area contributed by atoms with Gasteiger partial charge in [-0.25, -0.2) is 4.39 Å². The summed E-state index contributed by atoms with van der Waals surface area (Å²) in [5, 5.41) is 0. The summed E-state index contributed by atoms with van der Waals surface area (Å²) in [6, 6.07) is 5.49. The van der Waals surface area contributed by atoms with Crippen molar-refractivity contribution in [2.24, 2.45) is 4.02 Å². The number of hydrogen-bond acceptors (Lipinski definition) is 7. The lowest BCUT2D eigenvalue weighted by Gasteiger charge is -2.33. The lowest BCUT2D eigenvalue weighted by molar-refractivity contribution is -0.119. The number of methoxy groups -OCH3 is 1. The Labute approximate surface area is 243 Å². The average molecular weight is 619 g/mol. The molecule has 0 N–H and O–H groups in total.